The number of unbranched alkanes of at least 4 members (excludes halogenated alkanes) is 8. The van der Waals surface area contributed by atoms with Crippen LogP contribution in [-0.4, -0.2) is 92.1 Å². The lowest BCUT2D eigenvalue weighted by atomic mass is 10.1. The van der Waals surface area contributed by atoms with Gasteiger partial charge in [-0.3, -0.25) is 4.79 Å². The number of carbonyl (C=O) groups excluding carboxylic acids is 3. The first kappa shape index (κ1) is 30.0. The lowest BCUT2D eigenvalue weighted by molar-refractivity contribution is -0.154. The summed E-state index contributed by atoms with van der Waals surface area (Å²) in [4.78, 5) is 38.0. The van der Waals surface area contributed by atoms with E-state index in [1.165, 1.54) is 41.3 Å². The van der Waals surface area contributed by atoms with Crippen LogP contribution in [0.1, 0.15) is 71.1 Å². The van der Waals surface area contributed by atoms with Gasteiger partial charge in [0.15, 0.2) is 0 Å². The molecule has 2 N–H and O–H groups in total. The summed E-state index contributed by atoms with van der Waals surface area (Å²) >= 11 is 0. The smallest absolute Gasteiger partial charge is 0.333 e. The number of nitrogens with zero attached hydrogens (tertiary/aromatic N) is 2. The van der Waals surface area contributed by atoms with E-state index in [1.54, 1.807) is 0 Å². The highest BCUT2D eigenvalue weighted by atomic mass is 32.2. The fourth-order valence-electron chi connectivity index (χ4n) is 4.21. The van der Waals surface area contributed by atoms with E-state index in [4.69, 9.17) is 9.47 Å². The Bertz CT molecular complexity index is 869. The number of ether oxygens (including phenoxy) is 2. The third-order valence-corrected chi connectivity index (χ3v) is 7.66. The number of sulfonamides is 1. The summed E-state index contributed by atoms with van der Waals surface area (Å²) in [5.74, 6) is -1.23. The van der Waals surface area contributed by atoms with Crippen LogP contribution in [0.15, 0.2) is 11.6 Å². The maximum absolute atomic E-state index is 12.6. The van der Waals surface area contributed by atoms with Crippen LogP contribution >= 0.6 is 0 Å². The minimum absolute atomic E-state index is 0.0719. The minimum Gasteiger partial charge on any atom is -0.456 e. The number of cyclic esters (lactones) is 1. The van der Waals surface area contributed by atoms with Crippen LogP contribution in [-0.2, 0) is 29.1 Å². The summed E-state index contributed by atoms with van der Waals surface area (Å²) in [5.41, 5.74) is 0.0719. The Morgan fingerprint density at radius 2 is 1.67 bits per heavy atom. The molecule has 2 unspecified atom stereocenters. The van der Waals surface area contributed by atoms with Gasteiger partial charge in [0, 0.05) is 44.2 Å². The summed E-state index contributed by atoms with van der Waals surface area (Å²) in [7, 11) is -3.32. The number of aliphatic hydroxyl groups is 1. The molecule has 2 aliphatic heterocycles. The monoisotopic (exact) mass is 531 g/mol. The molecule has 2 atom stereocenters. The third kappa shape index (κ3) is 10.4. The topological polar surface area (TPSA) is 143 Å². The van der Waals surface area contributed by atoms with Crippen LogP contribution in [0.25, 0.3) is 0 Å². The van der Waals surface area contributed by atoms with Gasteiger partial charge in [0.2, 0.25) is 16.3 Å². The summed E-state index contributed by atoms with van der Waals surface area (Å²) in [6.45, 7) is 2.85. The van der Waals surface area contributed by atoms with E-state index in [2.05, 4.69) is 12.2 Å². The van der Waals surface area contributed by atoms with Gasteiger partial charge in [-0.15, -0.1) is 0 Å². The molecule has 0 radical (unpaired) electrons. The molecule has 206 valence electrons. The van der Waals surface area contributed by atoms with Crippen molar-refractivity contribution in [3.63, 3.8) is 0 Å². The first-order chi connectivity index (χ1) is 17.1. The van der Waals surface area contributed by atoms with Gasteiger partial charge in [0.25, 0.3) is 0 Å². The van der Waals surface area contributed by atoms with Gasteiger partial charge in [0.05, 0.1) is 12.8 Å². The summed E-state index contributed by atoms with van der Waals surface area (Å²) in [6, 6.07) is -0.455. The zero-order valence-corrected chi connectivity index (χ0v) is 22.3. The van der Waals surface area contributed by atoms with Crippen LogP contribution in [0.3, 0.4) is 0 Å². The van der Waals surface area contributed by atoms with Crippen molar-refractivity contribution in [2.45, 2.75) is 83.5 Å². The molecule has 0 aromatic rings. The van der Waals surface area contributed by atoms with Gasteiger partial charge in [-0.2, -0.15) is 4.31 Å². The van der Waals surface area contributed by atoms with E-state index in [9.17, 15) is 27.9 Å². The maximum Gasteiger partial charge on any atom is 0.333 e. The van der Waals surface area contributed by atoms with E-state index in [0.717, 1.165) is 31.6 Å². The number of carbonyl (C=O) groups is 3. The Morgan fingerprint density at radius 3 is 2.19 bits per heavy atom. The fourth-order valence-corrected chi connectivity index (χ4v) is 5.04. The number of hydrogen-bond donors (Lipinski definition) is 2. The second-order valence-corrected chi connectivity index (χ2v) is 11.3. The molecule has 36 heavy (non-hydrogen) atoms. The molecule has 2 amide bonds. The second-order valence-electron chi connectivity index (χ2n) is 9.33. The highest BCUT2D eigenvalue weighted by Crippen LogP contribution is 2.20. The molecule has 1 saturated heterocycles. The number of esters is 2. The molecule has 1 fully saturated rings. The van der Waals surface area contributed by atoms with Crippen LogP contribution in [0, 0.1) is 0 Å². The molecule has 0 spiro atoms. The number of hydrogen-bond acceptors (Lipinski definition) is 8. The standard InChI is InChI=1S/C24H41N3O8S/c1-3-4-5-6-7-8-9-10-11-12-21(28)34-20(19-17-22(29)35-23(19)30)18-25-24(31)26-13-15-27(16-14-26)36(2,32)33/h17,20,23,30H,3-16,18H2,1-2H3,(H,25,31). The second kappa shape index (κ2) is 15.2. The molecule has 0 aliphatic carbocycles. The average molecular weight is 532 g/mol. The molecule has 0 bridgehead atoms. The summed E-state index contributed by atoms with van der Waals surface area (Å²) in [6.07, 6.45) is 9.79. The van der Waals surface area contributed by atoms with Crippen LogP contribution in [0.5, 0.6) is 0 Å². The van der Waals surface area contributed by atoms with Gasteiger partial charge < -0.3 is 24.8 Å². The van der Waals surface area contributed by atoms with Crippen molar-refractivity contribution in [3.8, 4) is 0 Å². The Hall–Kier alpha value is -2.18. The molecule has 11 nitrogen and oxygen atoms in total. The van der Waals surface area contributed by atoms with Gasteiger partial charge in [-0.1, -0.05) is 58.3 Å². The number of aliphatic hydroxyl groups excluding tert-OH is 1. The molecule has 0 saturated carbocycles. The number of rotatable bonds is 15. The third-order valence-electron chi connectivity index (χ3n) is 6.36. The zero-order valence-electron chi connectivity index (χ0n) is 21.4. The van der Waals surface area contributed by atoms with Gasteiger partial charge in [-0.25, -0.2) is 18.0 Å². The summed E-state index contributed by atoms with van der Waals surface area (Å²) < 4.78 is 34.8. The van der Waals surface area contributed by atoms with Crippen LogP contribution in [0.4, 0.5) is 4.79 Å². The molecule has 0 aromatic carbocycles. The quantitative estimate of drug-likeness (QED) is 0.241. The molecular weight excluding hydrogens is 490 g/mol. The fraction of sp³-hybridized carbons (Fsp3) is 0.792. The Kier molecular flexibility index (Phi) is 12.7. The van der Waals surface area contributed by atoms with Crippen molar-refractivity contribution >= 4 is 28.0 Å². The molecule has 12 heteroatoms. The minimum atomic E-state index is -3.32. The van der Waals surface area contributed by atoms with E-state index < -0.39 is 40.4 Å². The van der Waals surface area contributed by atoms with Gasteiger partial charge in [-0.05, 0) is 6.42 Å². The predicted octanol–water partition coefficient (Wildman–Crippen LogP) is 1.91. The van der Waals surface area contributed by atoms with E-state index in [0.29, 0.717) is 6.42 Å². The van der Waals surface area contributed by atoms with Gasteiger partial charge in [0.1, 0.15) is 6.10 Å². The Balaban J connectivity index is 1.79. The van der Waals surface area contributed by atoms with Crippen molar-refractivity contribution in [2.24, 2.45) is 0 Å². The van der Waals surface area contributed by atoms with E-state index >= 15 is 0 Å². The molecule has 2 aliphatic rings. The zero-order chi connectivity index (χ0) is 26.6. The van der Waals surface area contributed by atoms with Crippen molar-refractivity contribution in [3.05, 3.63) is 11.6 Å². The highest BCUT2D eigenvalue weighted by Gasteiger charge is 2.34. The number of urea groups is 1. The Labute approximate surface area is 214 Å². The lowest BCUT2D eigenvalue weighted by Crippen LogP contribution is -2.54. The highest BCUT2D eigenvalue weighted by molar-refractivity contribution is 7.88. The first-order valence-electron chi connectivity index (χ1n) is 12.9. The van der Waals surface area contributed by atoms with Crippen molar-refractivity contribution < 1.29 is 37.4 Å². The molecule has 2 rings (SSSR count). The Morgan fingerprint density at radius 1 is 1.08 bits per heavy atom. The van der Waals surface area contributed by atoms with Crippen molar-refractivity contribution in [1.82, 2.24) is 14.5 Å². The van der Waals surface area contributed by atoms with Crippen LogP contribution < -0.4 is 5.32 Å². The molecule has 2 heterocycles. The maximum atomic E-state index is 12.6. The van der Waals surface area contributed by atoms with Crippen LogP contribution in [0.2, 0.25) is 0 Å². The van der Waals surface area contributed by atoms with E-state index in [-0.39, 0.29) is 44.7 Å². The predicted molar refractivity (Wildman–Crippen MR) is 133 cm³/mol. The molecule has 0 aromatic heterocycles. The largest absolute Gasteiger partial charge is 0.456 e. The first-order valence-corrected chi connectivity index (χ1v) is 14.7. The van der Waals surface area contributed by atoms with Crippen molar-refractivity contribution in [2.75, 3.05) is 39.0 Å². The van der Waals surface area contributed by atoms with E-state index in [1.807, 2.05) is 0 Å². The normalized spacial score (nSPS) is 19.5. The lowest BCUT2D eigenvalue weighted by Gasteiger charge is -2.33. The number of amides is 2. The van der Waals surface area contributed by atoms with Gasteiger partial charge >= 0.3 is 18.0 Å². The average Bonchev–Trinajstić information content (AvgIpc) is 3.17. The van der Waals surface area contributed by atoms with Crippen molar-refractivity contribution in [1.29, 1.82) is 0 Å². The SMILES string of the molecule is CCCCCCCCCCCC(=O)OC(CNC(=O)N1CCN(S(C)(=O)=O)CC1)C1=CC(=O)OC1O. The number of piperazine rings is 1. The number of nitrogens with one attached hydrogen (secondary N) is 1. The molecular formula is C24H41N3O8S. The summed E-state index contributed by atoms with van der Waals surface area (Å²) in [5, 5.41) is 12.7.